The van der Waals surface area contributed by atoms with E-state index in [-0.39, 0.29) is 17.8 Å². The molecule has 2 aromatic heterocycles. The van der Waals surface area contributed by atoms with Gasteiger partial charge < -0.3 is 10.6 Å². The summed E-state index contributed by atoms with van der Waals surface area (Å²) in [6.07, 6.45) is -2.01. The number of anilines is 3. The largest absolute Gasteiger partial charge is 0.421 e. The number of rotatable bonds is 4. The lowest BCUT2D eigenvalue weighted by Crippen LogP contribution is -2.12. The molecule has 2 aromatic rings. The van der Waals surface area contributed by atoms with Crippen LogP contribution in [0.1, 0.15) is 25.5 Å². The zero-order valence-electron chi connectivity index (χ0n) is 11.7. The van der Waals surface area contributed by atoms with Crippen LogP contribution in [0.3, 0.4) is 0 Å². The molecule has 0 saturated carbocycles. The molecule has 0 saturated heterocycles. The number of alkyl halides is 3. The van der Waals surface area contributed by atoms with Gasteiger partial charge in [0, 0.05) is 31.5 Å². The Balaban J connectivity index is 2.24. The van der Waals surface area contributed by atoms with Gasteiger partial charge in [-0.2, -0.15) is 23.3 Å². The molecule has 21 heavy (non-hydrogen) atoms. The van der Waals surface area contributed by atoms with Crippen molar-refractivity contribution in [1.29, 1.82) is 0 Å². The number of aromatic nitrogens is 4. The van der Waals surface area contributed by atoms with Gasteiger partial charge in [0.05, 0.1) is 0 Å². The Morgan fingerprint density at radius 1 is 1.29 bits per heavy atom. The Morgan fingerprint density at radius 2 is 2.00 bits per heavy atom. The van der Waals surface area contributed by atoms with Gasteiger partial charge in [-0.15, -0.1) is 0 Å². The molecule has 0 bridgehead atoms. The average Bonchev–Trinajstić information content (AvgIpc) is 2.86. The highest BCUT2D eigenvalue weighted by atomic mass is 19.4. The highest BCUT2D eigenvalue weighted by molar-refractivity contribution is 5.53. The number of halogens is 3. The smallest absolute Gasteiger partial charge is 0.372 e. The number of nitrogens with one attached hydrogen (secondary N) is 2. The third-order valence-electron chi connectivity index (χ3n) is 2.71. The van der Waals surface area contributed by atoms with E-state index in [9.17, 15) is 13.2 Å². The quantitative estimate of drug-likeness (QED) is 0.908. The third-order valence-corrected chi connectivity index (χ3v) is 2.71. The summed E-state index contributed by atoms with van der Waals surface area (Å²) in [5.41, 5.74) is -0.914. The van der Waals surface area contributed by atoms with Gasteiger partial charge in [0.25, 0.3) is 0 Å². The molecule has 0 fully saturated rings. The summed E-state index contributed by atoms with van der Waals surface area (Å²) in [5.74, 6) is 0.218. The molecular formula is C12H15F3N6. The predicted molar refractivity (Wildman–Crippen MR) is 72.5 cm³/mol. The fourth-order valence-corrected chi connectivity index (χ4v) is 1.65. The molecule has 0 aliphatic rings. The van der Waals surface area contributed by atoms with Crippen molar-refractivity contribution in [3.05, 3.63) is 24.0 Å². The van der Waals surface area contributed by atoms with Gasteiger partial charge in [0.1, 0.15) is 11.4 Å². The first kappa shape index (κ1) is 15.1. The van der Waals surface area contributed by atoms with Crippen LogP contribution >= 0.6 is 0 Å². The summed E-state index contributed by atoms with van der Waals surface area (Å²) in [5, 5.41) is 9.40. The van der Waals surface area contributed by atoms with Crippen molar-refractivity contribution in [2.24, 2.45) is 0 Å². The Labute approximate surface area is 119 Å². The normalized spacial score (nSPS) is 11.8. The van der Waals surface area contributed by atoms with Gasteiger partial charge in [-0.1, -0.05) is 0 Å². The molecule has 0 spiro atoms. The van der Waals surface area contributed by atoms with E-state index in [0.717, 1.165) is 6.20 Å². The summed E-state index contributed by atoms with van der Waals surface area (Å²) in [7, 11) is 1.37. The van der Waals surface area contributed by atoms with Crippen LogP contribution in [0.15, 0.2) is 18.5 Å². The molecule has 0 aliphatic carbocycles. The lowest BCUT2D eigenvalue weighted by molar-refractivity contribution is -0.137. The predicted octanol–water partition coefficient (Wildman–Crippen LogP) is 3.06. The Hall–Kier alpha value is -2.32. The number of nitrogens with zero attached hydrogens (tertiary/aromatic N) is 4. The molecule has 0 atom stereocenters. The van der Waals surface area contributed by atoms with Crippen LogP contribution in [0.25, 0.3) is 0 Å². The monoisotopic (exact) mass is 300 g/mol. The van der Waals surface area contributed by atoms with E-state index in [0.29, 0.717) is 5.82 Å². The minimum absolute atomic E-state index is 0.0429. The van der Waals surface area contributed by atoms with Crippen molar-refractivity contribution < 1.29 is 13.2 Å². The van der Waals surface area contributed by atoms with Crippen LogP contribution in [0.4, 0.5) is 30.8 Å². The number of hydrogen-bond acceptors (Lipinski definition) is 5. The summed E-state index contributed by atoms with van der Waals surface area (Å²) in [4.78, 5) is 7.48. The zero-order chi connectivity index (χ0) is 15.6. The van der Waals surface area contributed by atoms with Crippen LogP contribution < -0.4 is 10.6 Å². The molecule has 0 aliphatic heterocycles. The molecule has 0 aromatic carbocycles. The fourth-order valence-electron chi connectivity index (χ4n) is 1.65. The van der Waals surface area contributed by atoms with Crippen molar-refractivity contribution >= 4 is 17.6 Å². The molecule has 0 amide bonds. The minimum Gasteiger partial charge on any atom is -0.372 e. The molecule has 6 nitrogen and oxygen atoms in total. The molecular weight excluding hydrogens is 285 g/mol. The maximum Gasteiger partial charge on any atom is 0.421 e. The van der Waals surface area contributed by atoms with Crippen LogP contribution in [-0.2, 0) is 6.18 Å². The van der Waals surface area contributed by atoms with Crippen LogP contribution in [0.5, 0.6) is 0 Å². The van der Waals surface area contributed by atoms with Crippen LogP contribution in [-0.4, -0.2) is 26.8 Å². The van der Waals surface area contributed by atoms with E-state index in [1.165, 1.54) is 7.05 Å². The van der Waals surface area contributed by atoms with Crippen molar-refractivity contribution in [3.8, 4) is 0 Å². The second-order valence-electron chi connectivity index (χ2n) is 4.60. The first-order chi connectivity index (χ1) is 9.81. The van der Waals surface area contributed by atoms with E-state index < -0.39 is 11.7 Å². The standard InChI is InChI=1S/C12H15F3N6/c1-7(2)21-5-4-9(20-21)18-11-17-6-8(12(13,14)15)10(16-3)19-11/h4-7H,1-3H3,(H2,16,17,18,19,20). The van der Waals surface area contributed by atoms with Gasteiger partial charge in [-0.3, -0.25) is 4.68 Å². The topological polar surface area (TPSA) is 67.7 Å². The fraction of sp³-hybridized carbons (Fsp3) is 0.417. The van der Waals surface area contributed by atoms with Gasteiger partial charge in [0.2, 0.25) is 5.95 Å². The summed E-state index contributed by atoms with van der Waals surface area (Å²) < 4.78 is 39.9. The highest BCUT2D eigenvalue weighted by Gasteiger charge is 2.35. The average molecular weight is 300 g/mol. The highest BCUT2D eigenvalue weighted by Crippen LogP contribution is 2.33. The van der Waals surface area contributed by atoms with E-state index in [1.807, 2.05) is 13.8 Å². The van der Waals surface area contributed by atoms with Gasteiger partial charge in [0.15, 0.2) is 5.82 Å². The molecule has 0 unspecified atom stereocenters. The second kappa shape index (κ2) is 5.58. The van der Waals surface area contributed by atoms with Crippen molar-refractivity contribution in [3.63, 3.8) is 0 Å². The van der Waals surface area contributed by atoms with Gasteiger partial charge in [-0.05, 0) is 13.8 Å². The first-order valence-electron chi connectivity index (χ1n) is 6.25. The van der Waals surface area contributed by atoms with Crippen molar-refractivity contribution in [2.75, 3.05) is 17.7 Å². The summed E-state index contributed by atoms with van der Waals surface area (Å²) >= 11 is 0. The molecule has 114 valence electrons. The van der Waals surface area contributed by atoms with Crippen molar-refractivity contribution in [2.45, 2.75) is 26.1 Å². The molecule has 2 rings (SSSR count). The molecule has 2 heterocycles. The lowest BCUT2D eigenvalue weighted by atomic mass is 10.3. The van der Waals surface area contributed by atoms with E-state index in [1.54, 1.807) is 16.9 Å². The van der Waals surface area contributed by atoms with Crippen LogP contribution in [0, 0.1) is 0 Å². The minimum atomic E-state index is -4.50. The van der Waals surface area contributed by atoms with Crippen molar-refractivity contribution in [1.82, 2.24) is 19.7 Å². The lowest BCUT2D eigenvalue weighted by Gasteiger charge is -2.12. The maximum atomic E-state index is 12.7. The Bertz CT molecular complexity index is 620. The summed E-state index contributed by atoms with van der Waals surface area (Å²) in [6.45, 7) is 3.93. The summed E-state index contributed by atoms with van der Waals surface area (Å²) in [6, 6.07) is 1.88. The number of hydrogen-bond donors (Lipinski definition) is 2. The molecule has 2 N–H and O–H groups in total. The van der Waals surface area contributed by atoms with E-state index >= 15 is 0 Å². The Kier molecular flexibility index (Phi) is 4.01. The first-order valence-corrected chi connectivity index (χ1v) is 6.25. The van der Waals surface area contributed by atoms with E-state index in [2.05, 4.69) is 25.7 Å². The van der Waals surface area contributed by atoms with Gasteiger partial charge in [-0.25, -0.2) is 4.98 Å². The third kappa shape index (κ3) is 3.41. The zero-order valence-corrected chi connectivity index (χ0v) is 11.7. The van der Waals surface area contributed by atoms with E-state index in [4.69, 9.17) is 0 Å². The van der Waals surface area contributed by atoms with Crippen LogP contribution in [0.2, 0.25) is 0 Å². The Morgan fingerprint density at radius 3 is 2.52 bits per heavy atom. The molecule has 9 heteroatoms. The SMILES string of the molecule is CNc1nc(Nc2ccn(C(C)C)n2)ncc1C(F)(F)F. The second-order valence-corrected chi connectivity index (χ2v) is 4.60. The maximum absolute atomic E-state index is 12.7. The van der Waals surface area contributed by atoms with Gasteiger partial charge >= 0.3 is 6.18 Å². The molecule has 0 radical (unpaired) electrons.